The van der Waals surface area contributed by atoms with E-state index in [1.165, 1.54) is 4.90 Å². The molecule has 136 valence electrons. The van der Waals surface area contributed by atoms with Crippen molar-refractivity contribution in [3.05, 3.63) is 65.2 Å². The topological polar surface area (TPSA) is 66.5 Å². The predicted octanol–water partition coefficient (Wildman–Crippen LogP) is 3.36. The number of ketones is 1. The van der Waals surface area contributed by atoms with E-state index in [-0.39, 0.29) is 37.0 Å². The van der Waals surface area contributed by atoms with Gasteiger partial charge in [-0.05, 0) is 26.0 Å². The third kappa shape index (κ3) is 5.84. The van der Waals surface area contributed by atoms with Crippen molar-refractivity contribution in [3.8, 4) is 0 Å². The lowest BCUT2D eigenvalue weighted by molar-refractivity contribution is -0.133. The van der Waals surface area contributed by atoms with Gasteiger partial charge in [-0.3, -0.25) is 14.4 Å². The minimum Gasteiger partial charge on any atom is -0.336 e. The number of anilines is 1. The van der Waals surface area contributed by atoms with Gasteiger partial charge in [0, 0.05) is 31.1 Å². The van der Waals surface area contributed by atoms with Crippen molar-refractivity contribution in [1.82, 2.24) is 4.90 Å². The zero-order valence-electron chi connectivity index (χ0n) is 15.4. The molecule has 0 atom stereocenters. The number of likely N-dealkylation sites (N-methyl/N-ethyl adjacent to an activating group) is 1. The van der Waals surface area contributed by atoms with Crippen LogP contribution in [0.3, 0.4) is 0 Å². The quantitative estimate of drug-likeness (QED) is 0.777. The first-order valence-electron chi connectivity index (χ1n) is 8.55. The van der Waals surface area contributed by atoms with Gasteiger partial charge in [0.15, 0.2) is 5.78 Å². The first kappa shape index (κ1) is 19.4. The van der Waals surface area contributed by atoms with Crippen molar-refractivity contribution < 1.29 is 14.4 Å². The third-order valence-electron chi connectivity index (χ3n) is 4.08. The lowest BCUT2D eigenvalue weighted by atomic mass is 10.0. The first-order valence-corrected chi connectivity index (χ1v) is 8.55. The van der Waals surface area contributed by atoms with E-state index in [9.17, 15) is 14.4 Å². The molecule has 0 saturated heterocycles. The molecule has 0 aliphatic carbocycles. The molecular weight excluding hydrogens is 328 g/mol. The molecule has 0 bridgehead atoms. The van der Waals surface area contributed by atoms with Crippen molar-refractivity contribution >= 4 is 23.3 Å². The average Bonchev–Trinajstić information content (AvgIpc) is 2.61. The van der Waals surface area contributed by atoms with Crippen LogP contribution >= 0.6 is 0 Å². The van der Waals surface area contributed by atoms with Crippen molar-refractivity contribution in [2.24, 2.45) is 0 Å². The Labute approximate surface area is 154 Å². The summed E-state index contributed by atoms with van der Waals surface area (Å²) in [6.07, 6.45) is 0.215. The Morgan fingerprint density at radius 3 is 1.96 bits per heavy atom. The number of nitrogens with zero attached hydrogens (tertiary/aromatic N) is 1. The van der Waals surface area contributed by atoms with Gasteiger partial charge in [-0.1, -0.05) is 47.5 Å². The summed E-state index contributed by atoms with van der Waals surface area (Å²) in [5, 5.41) is 2.75. The highest BCUT2D eigenvalue weighted by Gasteiger charge is 2.15. The normalized spacial score (nSPS) is 10.3. The van der Waals surface area contributed by atoms with Crippen LogP contribution in [0.25, 0.3) is 0 Å². The smallest absolute Gasteiger partial charge is 0.243 e. The van der Waals surface area contributed by atoms with Crippen LogP contribution in [0.2, 0.25) is 0 Å². The second-order valence-corrected chi connectivity index (χ2v) is 6.45. The largest absolute Gasteiger partial charge is 0.336 e. The minimum atomic E-state index is -0.269. The molecule has 1 N–H and O–H groups in total. The summed E-state index contributed by atoms with van der Waals surface area (Å²) in [6, 6.07) is 14.7. The number of nitrogens with one attached hydrogen (secondary N) is 1. The molecule has 0 radical (unpaired) electrons. The van der Waals surface area contributed by atoms with E-state index in [4.69, 9.17) is 0 Å². The Hall–Kier alpha value is -2.95. The van der Waals surface area contributed by atoms with Crippen LogP contribution in [0, 0.1) is 13.8 Å². The fraction of sp³-hybridized carbons (Fsp3) is 0.286. The van der Waals surface area contributed by atoms with Crippen molar-refractivity contribution in [3.63, 3.8) is 0 Å². The van der Waals surface area contributed by atoms with Crippen molar-refractivity contribution in [2.75, 3.05) is 18.9 Å². The molecule has 2 rings (SSSR count). The van der Waals surface area contributed by atoms with Gasteiger partial charge >= 0.3 is 0 Å². The SMILES string of the molecule is Cc1ccc(NC(=O)CN(C)C(=O)CCC(=O)c2ccc(C)cc2)cc1. The van der Waals surface area contributed by atoms with Gasteiger partial charge in [0.05, 0.1) is 6.54 Å². The van der Waals surface area contributed by atoms with Crippen LogP contribution < -0.4 is 5.32 Å². The number of aryl methyl sites for hydroxylation is 2. The zero-order valence-corrected chi connectivity index (χ0v) is 15.4. The summed E-state index contributed by atoms with van der Waals surface area (Å²) >= 11 is 0. The van der Waals surface area contributed by atoms with E-state index < -0.39 is 0 Å². The summed E-state index contributed by atoms with van der Waals surface area (Å²) in [6.45, 7) is 3.87. The number of carbonyl (C=O) groups is 3. The van der Waals surface area contributed by atoms with Crippen LogP contribution in [-0.2, 0) is 9.59 Å². The summed E-state index contributed by atoms with van der Waals surface area (Å²) in [5.41, 5.74) is 3.48. The summed E-state index contributed by atoms with van der Waals surface area (Å²) in [4.78, 5) is 37.7. The van der Waals surface area contributed by atoms with Crippen LogP contribution in [0.15, 0.2) is 48.5 Å². The molecule has 26 heavy (non-hydrogen) atoms. The number of hydrogen-bond donors (Lipinski definition) is 1. The molecule has 0 spiro atoms. The van der Waals surface area contributed by atoms with E-state index in [1.54, 1.807) is 19.2 Å². The molecular formula is C21H24N2O3. The molecule has 0 aliphatic heterocycles. The molecule has 5 nitrogen and oxygen atoms in total. The van der Waals surface area contributed by atoms with Crippen molar-refractivity contribution in [1.29, 1.82) is 0 Å². The highest BCUT2D eigenvalue weighted by Crippen LogP contribution is 2.10. The molecule has 2 amide bonds. The number of benzene rings is 2. The van der Waals surface area contributed by atoms with Gasteiger partial charge in [-0.15, -0.1) is 0 Å². The van der Waals surface area contributed by atoms with Crippen LogP contribution in [0.1, 0.15) is 34.3 Å². The van der Waals surface area contributed by atoms with Crippen LogP contribution in [0.5, 0.6) is 0 Å². The second kappa shape index (κ2) is 8.94. The highest BCUT2D eigenvalue weighted by atomic mass is 16.2. The summed E-state index contributed by atoms with van der Waals surface area (Å²) < 4.78 is 0. The maximum Gasteiger partial charge on any atom is 0.243 e. The number of carbonyl (C=O) groups excluding carboxylic acids is 3. The zero-order chi connectivity index (χ0) is 19.1. The standard InChI is InChI=1S/C21H24N2O3/c1-15-4-8-17(9-5-15)19(24)12-13-21(26)23(3)14-20(25)22-18-10-6-16(2)7-11-18/h4-11H,12-14H2,1-3H3,(H,22,25). The van der Waals surface area contributed by atoms with E-state index in [2.05, 4.69) is 5.32 Å². The lowest BCUT2D eigenvalue weighted by Crippen LogP contribution is -2.35. The molecule has 0 aliphatic rings. The lowest BCUT2D eigenvalue weighted by Gasteiger charge is -2.16. The summed E-state index contributed by atoms with van der Waals surface area (Å²) in [7, 11) is 1.56. The molecule has 0 saturated carbocycles. The predicted molar refractivity (Wildman–Crippen MR) is 102 cm³/mol. The Kier molecular flexibility index (Phi) is 6.67. The monoisotopic (exact) mass is 352 g/mol. The molecule has 2 aromatic carbocycles. The van der Waals surface area contributed by atoms with Gasteiger partial charge in [0.25, 0.3) is 0 Å². The number of amides is 2. The number of rotatable bonds is 7. The molecule has 0 aromatic heterocycles. The van der Waals surface area contributed by atoms with Gasteiger partial charge in [0.2, 0.25) is 11.8 Å². The molecule has 0 fully saturated rings. The van der Waals surface area contributed by atoms with E-state index >= 15 is 0 Å². The maximum atomic E-state index is 12.2. The maximum absolute atomic E-state index is 12.2. The van der Waals surface area contributed by atoms with Gasteiger partial charge in [0.1, 0.15) is 0 Å². The third-order valence-corrected chi connectivity index (χ3v) is 4.08. The average molecular weight is 352 g/mol. The summed E-state index contributed by atoms with van der Waals surface area (Å²) in [5.74, 6) is -0.574. The number of Topliss-reactive ketones (excluding diaryl/α,β-unsaturated/α-hetero) is 1. The Morgan fingerprint density at radius 2 is 1.38 bits per heavy atom. The number of hydrogen-bond acceptors (Lipinski definition) is 3. The van der Waals surface area contributed by atoms with Crippen LogP contribution in [0.4, 0.5) is 5.69 Å². The fourth-order valence-electron chi connectivity index (χ4n) is 2.44. The Morgan fingerprint density at radius 1 is 0.846 bits per heavy atom. The molecule has 0 unspecified atom stereocenters. The van der Waals surface area contributed by atoms with E-state index in [0.29, 0.717) is 11.3 Å². The fourth-order valence-corrected chi connectivity index (χ4v) is 2.44. The second-order valence-electron chi connectivity index (χ2n) is 6.45. The minimum absolute atomic E-state index is 0.0502. The highest BCUT2D eigenvalue weighted by molar-refractivity contribution is 5.98. The molecule has 2 aromatic rings. The van der Waals surface area contributed by atoms with E-state index in [1.807, 2.05) is 50.2 Å². The van der Waals surface area contributed by atoms with Crippen LogP contribution in [-0.4, -0.2) is 36.1 Å². The Balaban J connectivity index is 1.79. The first-order chi connectivity index (χ1) is 12.3. The van der Waals surface area contributed by atoms with E-state index in [0.717, 1.165) is 11.1 Å². The Bertz CT molecular complexity index is 780. The van der Waals surface area contributed by atoms with Crippen molar-refractivity contribution in [2.45, 2.75) is 26.7 Å². The van der Waals surface area contributed by atoms with Gasteiger partial charge < -0.3 is 10.2 Å². The van der Waals surface area contributed by atoms with Gasteiger partial charge in [-0.2, -0.15) is 0 Å². The van der Waals surface area contributed by atoms with Gasteiger partial charge in [-0.25, -0.2) is 0 Å². The molecule has 5 heteroatoms. The molecule has 0 heterocycles.